The number of hydrogen-bond donors (Lipinski definition) is 2. The van der Waals surface area contributed by atoms with Crippen LogP contribution < -0.4 is 15.4 Å². The molecular weight excluding hydrogens is 308 g/mol. The third kappa shape index (κ3) is 5.07. The monoisotopic (exact) mass is 328 g/mol. The smallest absolute Gasteiger partial charge is 0.264 e. The summed E-state index contributed by atoms with van der Waals surface area (Å²) in [6, 6.07) is 13.5. The SMILES string of the molecule is Cc1ccc(NC(=S)NC(=O)COc2ccccc2C)c(C)c1. The van der Waals surface area contributed by atoms with E-state index in [2.05, 4.69) is 10.6 Å². The Bertz CT molecular complexity index is 729. The van der Waals surface area contributed by atoms with E-state index >= 15 is 0 Å². The summed E-state index contributed by atoms with van der Waals surface area (Å²) in [5, 5.41) is 5.90. The highest BCUT2D eigenvalue weighted by Crippen LogP contribution is 2.16. The Labute approximate surface area is 141 Å². The van der Waals surface area contributed by atoms with Crippen molar-refractivity contribution >= 4 is 28.9 Å². The molecule has 0 radical (unpaired) electrons. The zero-order valence-corrected chi connectivity index (χ0v) is 14.3. The number of benzene rings is 2. The number of thiocarbonyl (C=S) groups is 1. The molecule has 2 aromatic rings. The van der Waals surface area contributed by atoms with Gasteiger partial charge in [-0.05, 0) is 56.2 Å². The minimum atomic E-state index is -0.296. The zero-order valence-electron chi connectivity index (χ0n) is 13.5. The van der Waals surface area contributed by atoms with Crippen LogP contribution in [0.4, 0.5) is 5.69 Å². The van der Waals surface area contributed by atoms with Crippen molar-refractivity contribution in [3.8, 4) is 5.75 Å². The fourth-order valence-electron chi connectivity index (χ4n) is 2.13. The lowest BCUT2D eigenvalue weighted by atomic mass is 10.1. The Morgan fingerprint density at radius 3 is 2.52 bits per heavy atom. The highest BCUT2D eigenvalue weighted by Gasteiger charge is 2.08. The van der Waals surface area contributed by atoms with Crippen LogP contribution in [0.5, 0.6) is 5.75 Å². The summed E-state index contributed by atoms with van der Waals surface area (Å²) >= 11 is 5.16. The van der Waals surface area contributed by atoms with E-state index in [1.165, 1.54) is 5.56 Å². The van der Waals surface area contributed by atoms with Crippen molar-refractivity contribution in [2.75, 3.05) is 11.9 Å². The van der Waals surface area contributed by atoms with Gasteiger partial charge in [-0.3, -0.25) is 10.1 Å². The Morgan fingerprint density at radius 1 is 1.09 bits per heavy atom. The first-order valence-electron chi connectivity index (χ1n) is 7.32. The van der Waals surface area contributed by atoms with Gasteiger partial charge in [0.15, 0.2) is 11.7 Å². The van der Waals surface area contributed by atoms with Gasteiger partial charge in [0.05, 0.1) is 0 Å². The summed E-state index contributed by atoms with van der Waals surface area (Å²) in [5.74, 6) is 0.395. The summed E-state index contributed by atoms with van der Waals surface area (Å²) < 4.78 is 5.49. The maximum absolute atomic E-state index is 11.9. The number of carbonyl (C=O) groups excluding carboxylic acids is 1. The number of hydrogen-bond acceptors (Lipinski definition) is 3. The molecule has 2 aromatic carbocycles. The van der Waals surface area contributed by atoms with Crippen LogP contribution >= 0.6 is 12.2 Å². The first-order valence-corrected chi connectivity index (χ1v) is 7.73. The fraction of sp³-hybridized carbons (Fsp3) is 0.222. The Hall–Kier alpha value is -2.40. The number of ether oxygens (including phenoxy) is 1. The molecular formula is C18H20N2O2S. The highest BCUT2D eigenvalue weighted by molar-refractivity contribution is 7.80. The van der Waals surface area contributed by atoms with Crippen LogP contribution in [0, 0.1) is 20.8 Å². The second-order valence-corrected chi connectivity index (χ2v) is 5.78. The third-order valence-corrected chi connectivity index (χ3v) is 3.54. The molecule has 0 fully saturated rings. The van der Waals surface area contributed by atoms with Gasteiger partial charge in [0.25, 0.3) is 5.91 Å². The minimum absolute atomic E-state index is 0.0838. The molecule has 0 unspecified atom stereocenters. The van der Waals surface area contributed by atoms with Crippen molar-refractivity contribution in [1.82, 2.24) is 5.32 Å². The minimum Gasteiger partial charge on any atom is -0.483 e. The van der Waals surface area contributed by atoms with E-state index < -0.39 is 0 Å². The summed E-state index contributed by atoms with van der Waals surface area (Å²) in [6.45, 7) is 5.86. The van der Waals surface area contributed by atoms with Gasteiger partial charge in [-0.25, -0.2) is 0 Å². The first-order chi connectivity index (χ1) is 11.0. The molecule has 23 heavy (non-hydrogen) atoms. The first kappa shape index (κ1) is 17.0. The van der Waals surface area contributed by atoms with Crippen molar-refractivity contribution < 1.29 is 9.53 Å². The quantitative estimate of drug-likeness (QED) is 0.844. The molecule has 1 amide bonds. The molecule has 4 nitrogen and oxygen atoms in total. The Balaban J connectivity index is 1.85. The van der Waals surface area contributed by atoms with Gasteiger partial charge in [-0.15, -0.1) is 0 Å². The Kier molecular flexibility index (Phi) is 5.71. The molecule has 0 atom stereocenters. The lowest BCUT2D eigenvalue weighted by Crippen LogP contribution is -2.37. The van der Waals surface area contributed by atoms with Gasteiger partial charge < -0.3 is 10.1 Å². The van der Waals surface area contributed by atoms with Gasteiger partial charge >= 0.3 is 0 Å². The molecule has 0 saturated heterocycles. The van der Waals surface area contributed by atoms with E-state index in [4.69, 9.17) is 17.0 Å². The predicted octanol–water partition coefficient (Wildman–Crippen LogP) is 3.50. The molecule has 5 heteroatoms. The molecule has 0 aliphatic carbocycles. The normalized spacial score (nSPS) is 10.0. The predicted molar refractivity (Wildman–Crippen MR) is 97.0 cm³/mol. The summed E-state index contributed by atoms with van der Waals surface area (Å²) in [5.41, 5.74) is 4.10. The average molecular weight is 328 g/mol. The van der Waals surface area contributed by atoms with Crippen LogP contribution in [-0.4, -0.2) is 17.6 Å². The number of para-hydroxylation sites is 1. The van der Waals surface area contributed by atoms with Gasteiger partial charge in [-0.2, -0.15) is 0 Å². The van der Waals surface area contributed by atoms with Crippen LogP contribution in [0.3, 0.4) is 0 Å². The second-order valence-electron chi connectivity index (χ2n) is 5.37. The third-order valence-electron chi connectivity index (χ3n) is 3.34. The summed E-state index contributed by atoms with van der Waals surface area (Å²) in [4.78, 5) is 11.9. The second kappa shape index (κ2) is 7.74. The maximum atomic E-state index is 11.9. The number of nitrogens with one attached hydrogen (secondary N) is 2. The van der Waals surface area contributed by atoms with Gasteiger partial charge in [0.1, 0.15) is 5.75 Å². The standard InChI is InChI=1S/C18H20N2O2S/c1-12-8-9-15(14(3)10-12)19-18(23)20-17(21)11-22-16-7-5-4-6-13(16)2/h4-10H,11H2,1-3H3,(H2,19,20,21,23). The summed E-state index contributed by atoms with van der Waals surface area (Å²) in [7, 11) is 0. The van der Waals surface area contributed by atoms with E-state index in [0.717, 1.165) is 16.8 Å². The van der Waals surface area contributed by atoms with E-state index in [-0.39, 0.29) is 17.6 Å². The molecule has 0 aliphatic rings. The molecule has 0 bridgehead atoms. The number of aryl methyl sites for hydroxylation is 3. The van der Waals surface area contributed by atoms with E-state index in [9.17, 15) is 4.79 Å². The lowest BCUT2D eigenvalue weighted by Gasteiger charge is -2.13. The van der Waals surface area contributed by atoms with Crippen LogP contribution in [-0.2, 0) is 4.79 Å². The van der Waals surface area contributed by atoms with Gasteiger partial charge in [-0.1, -0.05) is 35.9 Å². The van der Waals surface area contributed by atoms with Crippen molar-refractivity contribution in [3.05, 3.63) is 59.2 Å². The van der Waals surface area contributed by atoms with Crippen LogP contribution in [0.2, 0.25) is 0 Å². The Morgan fingerprint density at radius 2 is 1.83 bits per heavy atom. The van der Waals surface area contributed by atoms with Crippen molar-refractivity contribution in [2.24, 2.45) is 0 Å². The highest BCUT2D eigenvalue weighted by atomic mass is 32.1. The van der Waals surface area contributed by atoms with Gasteiger partial charge in [0, 0.05) is 5.69 Å². The zero-order chi connectivity index (χ0) is 16.8. The molecule has 0 heterocycles. The van der Waals surface area contributed by atoms with Crippen molar-refractivity contribution in [3.63, 3.8) is 0 Å². The average Bonchev–Trinajstić information content (AvgIpc) is 2.49. The van der Waals surface area contributed by atoms with Crippen molar-refractivity contribution in [1.29, 1.82) is 0 Å². The van der Waals surface area contributed by atoms with E-state index in [1.54, 1.807) is 0 Å². The number of amides is 1. The fourth-order valence-corrected chi connectivity index (χ4v) is 2.36. The largest absolute Gasteiger partial charge is 0.483 e. The van der Waals surface area contributed by atoms with E-state index in [1.807, 2.05) is 63.2 Å². The maximum Gasteiger partial charge on any atom is 0.264 e. The van der Waals surface area contributed by atoms with Crippen LogP contribution in [0.1, 0.15) is 16.7 Å². The molecule has 0 saturated carbocycles. The van der Waals surface area contributed by atoms with Crippen LogP contribution in [0.25, 0.3) is 0 Å². The topological polar surface area (TPSA) is 50.4 Å². The van der Waals surface area contributed by atoms with E-state index in [0.29, 0.717) is 5.75 Å². The molecule has 0 spiro atoms. The molecule has 0 aromatic heterocycles. The van der Waals surface area contributed by atoms with Crippen molar-refractivity contribution in [2.45, 2.75) is 20.8 Å². The lowest BCUT2D eigenvalue weighted by molar-refractivity contribution is -0.121. The molecule has 0 aliphatic heterocycles. The number of anilines is 1. The number of carbonyl (C=O) groups is 1. The number of rotatable bonds is 4. The molecule has 2 rings (SSSR count). The molecule has 120 valence electrons. The molecule has 2 N–H and O–H groups in total. The summed E-state index contributed by atoms with van der Waals surface area (Å²) in [6.07, 6.45) is 0. The van der Waals surface area contributed by atoms with Crippen LogP contribution in [0.15, 0.2) is 42.5 Å². The van der Waals surface area contributed by atoms with Gasteiger partial charge in [0.2, 0.25) is 0 Å².